The highest BCUT2D eigenvalue weighted by Crippen LogP contribution is 2.30. The number of ketones is 1. The van der Waals surface area contributed by atoms with Crippen LogP contribution in [-0.2, 0) is 23.9 Å². The lowest BCUT2D eigenvalue weighted by Crippen LogP contribution is -2.55. The predicted octanol–water partition coefficient (Wildman–Crippen LogP) is 2.92. The van der Waals surface area contributed by atoms with Gasteiger partial charge in [0.1, 0.15) is 12.1 Å². The highest BCUT2D eigenvalue weighted by Gasteiger charge is 2.45. The molecule has 0 aromatic heterocycles. The molecular weight excluding hydrogens is 434 g/mol. The number of hydrogen-bond acceptors (Lipinski definition) is 5. The molecule has 0 spiro atoms. The van der Waals surface area contributed by atoms with Gasteiger partial charge in [-0.1, -0.05) is 13.8 Å². The van der Waals surface area contributed by atoms with Crippen LogP contribution in [0.3, 0.4) is 0 Å². The number of carbonyl (C=O) groups excluding carboxylic acids is 4. The summed E-state index contributed by atoms with van der Waals surface area (Å²) < 4.78 is 5.86. The van der Waals surface area contributed by atoms with Gasteiger partial charge in [0.2, 0.25) is 17.7 Å². The predicted molar refractivity (Wildman–Crippen MR) is 129 cm³/mol. The second kappa shape index (κ2) is 11.6. The van der Waals surface area contributed by atoms with Crippen molar-refractivity contribution in [3.8, 4) is 0 Å². The van der Waals surface area contributed by atoms with E-state index in [1.807, 2.05) is 20.8 Å². The molecule has 0 saturated carbocycles. The van der Waals surface area contributed by atoms with Gasteiger partial charge in [-0.3, -0.25) is 19.2 Å². The van der Waals surface area contributed by atoms with Gasteiger partial charge < -0.3 is 19.4 Å². The van der Waals surface area contributed by atoms with Crippen molar-refractivity contribution in [3.63, 3.8) is 0 Å². The molecule has 0 N–H and O–H groups in total. The fourth-order valence-corrected chi connectivity index (χ4v) is 5.81. The summed E-state index contributed by atoms with van der Waals surface area (Å²) >= 11 is 0. The van der Waals surface area contributed by atoms with Crippen LogP contribution < -0.4 is 0 Å². The van der Waals surface area contributed by atoms with Gasteiger partial charge >= 0.3 is 0 Å². The standard InChI is InChI=1S/C26H43N3O5/c1-5-22(30)19-11-8-17-28(19)25(33)21-13-10-18-29(21)24(32)20-12-9-16-27(20)23(31)14-15-26(4,6-2)34-7-3/h19-21H,5-18H2,1-4H3. The molecule has 3 saturated heterocycles. The van der Waals surface area contributed by atoms with Crippen LogP contribution in [0.4, 0.5) is 0 Å². The molecule has 3 fully saturated rings. The van der Waals surface area contributed by atoms with Gasteiger partial charge in [-0.15, -0.1) is 0 Å². The van der Waals surface area contributed by atoms with Crippen molar-refractivity contribution in [3.05, 3.63) is 0 Å². The maximum atomic E-state index is 13.6. The summed E-state index contributed by atoms with van der Waals surface area (Å²) in [5, 5.41) is 0. The van der Waals surface area contributed by atoms with Crippen molar-refractivity contribution >= 4 is 23.5 Å². The van der Waals surface area contributed by atoms with Crippen LogP contribution in [0.25, 0.3) is 0 Å². The third kappa shape index (κ3) is 5.64. The molecule has 3 heterocycles. The number of carbonyl (C=O) groups is 4. The number of Topliss-reactive ketones (excluding diaryl/α,β-unsaturated/α-hetero) is 1. The third-order valence-corrected chi connectivity index (χ3v) is 8.04. The zero-order valence-corrected chi connectivity index (χ0v) is 21.5. The molecule has 0 aromatic rings. The monoisotopic (exact) mass is 477 g/mol. The second-order valence-corrected chi connectivity index (χ2v) is 10.2. The molecule has 0 radical (unpaired) electrons. The Bertz CT molecular complexity index is 772. The van der Waals surface area contributed by atoms with E-state index >= 15 is 0 Å². The Labute approximate surface area is 204 Å². The number of nitrogens with zero attached hydrogens (tertiary/aromatic N) is 3. The van der Waals surface area contributed by atoms with E-state index in [-0.39, 0.29) is 35.1 Å². The topological polar surface area (TPSA) is 87.2 Å². The van der Waals surface area contributed by atoms with Gasteiger partial charge in [-0.2, -0.15) is 0 Å². The lowest BCUT2D eigenvalue weighted by Gasteiger charge is -2.34. The molecule has 8 nitrogen and oxygen atoms in total. The number of hydrogen-bond donors (Lipinski definition) is 0. The molecule has 34 heavy (non-hydrogen) atoms. The fourth-order valence-electron chi connectivity index (χ4n) is 5.81. The normalized spacial score (nSPS) is 26.7. The first-order valence-corrected chi connectivity index (χ1v) is 13.3. The van der Waals surface area contributed by atoms with Crippen LogP contribution in [-0.4, -0.2) is 88.2 Å². The highest BCUT2D eigenvalue weighted by molar-refractivity contribution is 5.95. The van der Waals surface area contributed by atoms with Gasteiger partial charge in [0, 0.05) is 39.1 Å². The van der Waals surface area contributed by atoms with Crippen LogP contribution >= 0.6 is 0 Å². The van der Waals surface area contributed by atoms with Crippen molar-refractivity contribution < 1.29 is 23.9 Å². The Balaban J connectivity index is 1.66. The number of likely N-dealkylation sites (tertiary alicyclic amines) is 3. The molecular formula is C26H43N3O5. The molecule has 3 amide bonds. The van der Waals surface area contributed by atoms with Gasteiger partial charge in [-0.05, 0) is 65.2 Å². The molecule has 8 heteroatoms. The minimum atomic E-state index is -0.517. The SMILES string of the molecule is CCOC(C)(CC)CCC(=O)N1CCCC1C(=O)N1CCCC1C(=O)N1CCCC1C(=O)CC. The summed E-state index contributed by atoms with van der Waals surface area (Å²) in [6, 6.07) is -1.36. The average molecular weight is 478 g/mol. The lowest BCUT2D eigenvalue weighted by atomic mass is 9.96. The third-order valence-electron chi connectivity index (χ3n) is 8.04. The van der Waals surface area contributed by atoms with E-state index in [0.717, 1.165) is 25.7 Å². The Morgan fingerprint density at radius 1 is 0.794 bits per heavy atom. The van der Waals surface area contributed by atoms with E-state index < -0.39 is 12.1 Å². The van der Waals surface area contributed by atoms with E-state index in [1.165, 1.54) is 0 Å². The molecule has 3 aliphatic heterocycles. The Hall–Kier alpha value is -1.96. The smallest absolute Gasteiger partial charge is 0.246 e. The van der Waals surface area contributed by atoms with Crippen molar-refractivity contribution in [1.29, 1.82) is 0 Å². The van der Waals surface area contributed by atoms with E-state index in [4.69, 9.17) is 4.74 Å². The summed E-state index contributed by atoms with van der Waals surface area (Å²) in [6.45, 7) is 10.2. The summed E-state index contributed by atoms with van der Waals surface area (Å²) in [7, 11) is 0. The largest absolute Gasteiger partial charge is 0.376 e. The van der Waals surface area contributed by atoms with E-state index in [9.17, 15) is 19.2 Å². The van der Waals surface area contributed by atoms with E-state index in [2.05, 4.69) is 6.92 Å². The first-order valence-electron chi connectivity index (χ1n) is 13.3. The number of amides is 3. The van der Waals surface area contributed by atoms with Crippen LogP contribution in [0.1, 0.15) is 91.9 Å². The molecule has 4 unspecified atom stereocenters. The Morgan fingerprint density at radius 2 is 1.29 bits per heavy atom. The van der Waals surface area contributed by atoms with Crippen LogP contribution in [0.2, 0.25) is 0 Å². The summed E-state index contributed by atoms with van der Waals surface area (Å²) in [4.78, 5) is 57.6. The van der Waals surface area contributed by atoms with E-state index in [1.54, 1.807) is 14.7 Å². The van der Waals surface area contributed by atoms with Crippen molar-refractivity contribution in [2.75, 3.05) is 26.2 Å². The summed E-state index contributed by atoms with van der Waals surface area (Å²) in [5.74, 6) is -0.116. The number of rotatable bonds is 10. The number of ether oxygens (including phenoxy) is 1. The minimum absolute atomic E-state index is 0.00884. The van der Waals surface area contributed by atoms with E-state index in [0.29, 0.717) is 64.8 Å². The Kier molecular flexibility index (Phi) is 9.13. The van der Waals surface area contributed by atoms with Gasteiger partial charge in [-0.25, -0.2) is 0 Å². The first-order chi connectivity index (χ1) is 16.3. The summed E-state index contributed by atoms with van der Waals surface area (Å²) in [6.07, 6.45) is 6.58. The summed E-state index contributed by atoms with van der Waals surface area (Å²) in [5.41, 5.74) is -0.335. The maximum Gasteiger partial charge on any atom is 0.246 e. The average Bonchev–Trinajstić information content (AvgIpc) is 3.61. The van der Waals surface area contributed by atoms with Gasteiger partial charge in [0.05, 0.1) is 11.6 Å². The molecule has 192 valence electrons. The van der Waals surface area contributed by atoms with Crippen molar-refractivity contribution in [2.45, 2.75) is 116 Å². The van der Waals surface area contributed by atoms with Crippen molar-refractivity contribution in [1.82, 2.24) is 14.7 Å². The first kappa shape index (κ1) is 26.6. The zero-order valence-electron chi connectivity index (χ0n) is 21.5. The second-order valence-electron chi connectivity index (χ2n) is 10.2. The fraction of sp³-hybridized carbons (Fsp3) is 0.846. The van der Waals surface area contributed by atoms with Gasteiger partial charge in [0.15, 0.2) is 5.78 Å². The molecule has 3 rings (SSSR count). The molecule has 3 aliphatic rings. The molecule has 4 atom stereocenters. The van der Waals surface area contributed by atoms with Crippen LogP contribution in [0.5, 0.6) is 0 Å². The van der Waals surface area contributed by atoms with Crippen molar-refractivity contribution in [2.24, 2.45) is 0 Å². The van der Waals surface area contributed by atoms with Gasteiger partial charge in [0.25, 0.3) is 0 Å². The zero-order chi connectivity index (χ0) is 24.9. The molecule has 0 aromatic carbocycles. The minimum Gasteiger partial charge on any atom is -0.376 e. The van der Waals surface area contributed by atoms with Crippen LogP contribution in [0.15, 0.2) is 0 Å². The quantitative estimate of drug-likeness (QED) is 0.483. The molecule has 0 aliphatic carbocycles. The van der Waals surface area contributed by atoms with Crippen LogP contribution in [0, 0.1) is 0 Å². The lowest BCUT2D eigenvalue weighted by molar-refractivity contribution is -0.150. The molecule has 0 bridgehead atoms. The highest BCUT2D eigenvalue weighted by atomic mass is 16.5. The Morgan fingerprint density at radius 3 is 1.82 bits per heavy atom. The maximum absolute atomic E-state index is 13.6.